The summed E-state index contributed by atoms with van der Waals surface area (Å²) in [4.78, 5) is 12.2. The Morgan fingerprint density at radius 1 is 1.17 bits per heavy atom. The van der Waals surface area contributed by atoms with Gasteiger partial charge in [0.25, 0.3) is 0 Å². The average Bonchev–Trinajstić information content (AvgIpc) is 2.63. The third-order valence-corrected chi connectivity index (χ3v) is 4.83. The van der Waals surface area contributed by atoms with Crippen LogP contribution in [0.4, 0.5) is 0 Å². The molecule has 1 heterocycles. The van der Waals surface area contributed by atoms with Crippen molar-refractivity contribution in [2.75, 3.05) is 13.1 Å². The van der Waals surface area contributed by atoms with Gasteiger partial charge < -0.3 is 10.6 Å². The minimum absolute atomic E-state index is 0.179. The van der Waals surface area contributed by atoms with Crippen LogP contribution in [0, 0.1) is 17.8 Å². The first-order valence-corrected chi connectivity index (χ1v) is 7.69. The van der Waals surface area contributed by atoms with E-state index in [2.05, 4.69) is 24.5 Å². The Bertz CT molecular complexity index is 272. The predicted molar refractivity (Wildman–Crippen MR) is 74.3 cm³/mol. The van der Waals surface area contributed by atoms with Crippen LogP contribution < -0.4 is 10.6 Å². The van der Waals surface area contributed by atoms with Crippen molar-refractivity contribution in [1.29, 1.82) is 0 Å². The fourth-order valence-electron chi connectivity index (χ4n) is 3.42. The largest absolute Gasteiger partial charge is 0.353 e. The molecule has 2 aliphatic rings. The highest BCUT2D eigenvalue weighted by Crippen LogP contribution is 2.26. The van der Waals surface area contributed by atoms with Crippen LogP contribution in [0.2, 0.25) is 0 Å². The van der Waals surface area contributed by atoms with E-state index in [9.17, 15) is 4.79 Å². The molecule has 1 saturated heterocycles. The Hall–Kier alpha value is -0.570. The lowest BCUT2D eigenvalue weighted by Gasteiger charge is -2.25. The van der Waals surface area contributed by atoms with Gasteiger partial charge in [-0.15, -0.1) is 0 Å². The molecule has 0 aromatic rings. The van der Waals surface area contributed by atoms with Crippen LogP contribution >= 0.6 is 0 Å². The van der Waals surface area contributed by atoms with Crippen molar-refractivity contribution in [3.05, 3.63) is 0 Å². The lowest BCUT2D eigenvalue weighted by Crippen LogP contribution is -2.43. The Balaban J connectivity index is 1.82. The molecule has 18 heavy (non-hydrogen) atoms. The van der Waals surface area contributed by atoms with Crippen LogP contribution in [-0.2, 0) is 4.79 Å². The standard InChI is InChI=1S/C15H28N2O/c1-11-9-16-10-14(11)15(18)17-12(2)13-7-5-3-4-6-8-13/h11-14,16H,3-10H2,1-2H3,(H,17,18)/t11?,12-,14?/m0/s1. The molecule has 1 aliphatic carbocycles. The summed E-state index contributed by atoms with van der Waals surface area (Å²) in [6.45, 7) is 6.20. The van der Waals surface area contributed by atoms with Crippen LogP contribution in [0.15, 0.2) is 0 Å². The van der Waals surface area contributed by atoms with Crippen LogP contribution in [0.3, 0.4) is 0 Å². The van der Waals surface area contributed by atoms with Gasteiger partial charge in [-0.25, -0.2) is 0 Å². The van der Waals surface area contributed by atoms with E-state index in [0.717, 1.165) is 13.1 Å². The van der Waals surface area contributed by atoms with E-state index in [0.29, 0.717) is 17.9 Å². The van der Waals surface area contributed by atoms with Gasteiger partial charge in [0.05, 0.1) is 5.92 Å². The number of rotatable bonds is 3. The van der Waals surface area contributed by atoms with Gasteiger partial charge in [0, 0.05) is 12.6 Å². The minimum Gasteiger partial charge on any atom is -0.353 e. The molecule has 104 valence electrons. The van der Waals surface area contributed by atoms with Gasteiger partial charge in [-0.1, -0.05) is 32.6 Å². The van der Waals surface area contributed by atoms with Gasteiger partial charge >= 0.3 is 0 Å². The SMILES string of the molecule is CC1CNCC1C(=O)N[C@@H](C)C1CCCCCC1. The third-order valence-electron chi connectivity index (χ3n) is 4.83. The summed E-state index contributed by atoms with van der Waals surface area (Å²) < 4.78 is 0. The van der Waals surface area contributed by atoms with Gasteiger partial charge in [-0.2, -0.15) is 0 Å². The second-order valence-corrected chi connectivity index (χ2v) is 6.29. The Morgan fingerprint density at radius 3 is 2.39 bits per heavy atom. The Morgan fingerprint density at radius 2 is 1.83 bits per heavy atom. The van der Waals surface area contributed by atoms with Crippen molar-refractivity contribution < 1.29 is 4.79 Å². The molecule has 0 bridgehead atoms. The molecule has 2 unspecified atom stereocenters. The van der Waals surface area contributed by atoms with Crippen LogP contribution in [0.1, 0.15) is 52.4 Å². The van der Waals surface area contributed by atoms with E-state index in [-0.39, 0.29) is 11.8 Å². The highest BCUT2D eigenvalue weighted by Gasteiger charge is 2.31. The van der Waals surface area contributed by atoms with Crippen molar-refractivity contribution in [2.24, 2.45) is 17.8 Å². The quantitative estimate of drug-likeness (QED) is 0.757. The maximum Gasteiger partial charge on any atom is 0.224 e. The molecule has 1 aliphatic heterocycles. The van der Waals surface area contributed by atoms with E-state index in [1.165, 1.54) is 38.5 Å². The average molecular weight is 252 g/mol. The van der Waals surface area contributed by atoms with Crippen molar-refractivity contribution in [2.45, 2.75) is 58.4 Å². The van der Waals surface area contributed by atoms with Crippen molar-refractivity contribution >= 4 is 5.91 Å². The lowest BCUT2D eigenvalue weighted by molar-refractivity contribution is -0.126. The molecule has 0 aromatic carbocycles. The highest BCUT2D eigenvalue weighted by molar-refractivity contribution is 5.79. The lowest BCUT2D eigenvalue weighted by atomic mass is 9.91. The zero-order chi connectivity index (χ0) is 13.0. The van der Waals surface area contributed by atoms with E-state index in [4.69, 9.17) is 0 Å². The van der Waals surface area contributed by atoms with E-state index in [1.807, 2.05) is 0 Å². The van der Waals surface area contributed by atoms with Crippen molar-refractivity contribution in [1.82, 2.24) is 10.6 Å². The Kier molecular flexibility index (Phi) is 5.04. The van der Waals surface area contributed by atoms with Gasteiger partial charge in [0.15, 0.2) is 0 Å². The minimum atomic E-state index is 0.179. The second kappa shape index (κ2) is 6.55. The first-order chi connectivity index (χ1) is 8.68. The van der Waals surface area contributed by atoms with Crippen LogP contribution in [0.25, 0.3) is 0 Å². The summed E-state index contributed by atoms with van der Waals surface area (Å²) in [5.41, 5.74) is 0. The van der Waals surface area contributed by atoms with Crippen LogP contribution in [0.5, 0.6) is 0 Å². The monoisotopic (exact) mass is 252 g/mol. The number of nitrogens with one attached hydrogen (secondary N) is 2. The molecule has 2 fully saturated rings. The van der Waals surface area contributed by atoms with E-state index >= 15 is 0 Å². The summed E-state index contributed by atoms with van der Waals surface area (Å²) in [5, 5.41) is 6.58. The third kappa shape index (κ3) is 3.47. The molecule has 2 rings (SSSR count). The maximum atomic E-state index is 12.2. The number of amides is 1. The first kappa shape index (κ1) is 13.9. The van der Waals surface area contributed by atoms with E-state index < -0.39 is 0 Å². The van der Waals surface area contributed by atoms with Gasteiger partial charge in [0.2, 0.25) is 5.91 Å². The van der Waals surface area contributed by atoms with Crippen molar-refractivity contribution in [3.8, 4) is 0 Å². The maximum absolute atomic E-state index is 12.2. The molecular formula is C15H28N2O. The predicted octanol–water partition coefficient (Wildman–Crippen LogP) is 2.32. The smallest absolute Gasteiger partial charge is 0.224 e. The number of carbonyl (C=O) groups is 1. The van der Waals surface area contributed by atoms with Crippen molar-refractivity contribution in [3.63, 3.8) is 0 Å². The highest BCUT2D eigenvalue weighted by atomic mass is 16.2. The molecule has 0 spiro atoms. The molecule has 1 amide bonds. The molecule has 3 nitrogen and oxygen atoms in total. The molecule has 3 atom stereocenters. The van der Waals surface area contributed by atoms with Gasteiger partial charge in [0.1, 0.15) is 0 Å². The summed E-state index contributed by atoms with van der Waals surface area (Å²) >= 11 is 0. The summed E-state index contributed by atoms with van der Waals surface area (Å²) in [7, 11) is 0. The number of hydrogen-bond donors (Lipinski definition) is 2. The summed E-state index contributed by atoms with van der Waals surface area (Å²) in [6, 6.07) is 0.350. The fraction of sp³-hybridized carbons (Fsp3) is 0.933. The Labute approximate surface area is 111 Å². The molecule has 2 N–H and O–H groups in total. The molecule has 3 heteroatoms. The molecule has 0 aromatic heterocycles. The van der Waals surface area contributed by atoms with Gasteiger partial charge in [-0.05, 0) is 38.1 Å². The van der Waals surface area contributed by atoms with Gasteiger partial charge in [-0.3, -0.25) is 4.79 Å². The zero-order valence-electron chi connectivity index (χ0n) is 11.9. The molecule has 0 radical (unpaired) electrons. The van der Waals surface area contributed by atoms with E-state index in [1.54, 1.807) is 0 Å². The molecular weight excluding hydrogens is 224 g/mol. The first-order valence-electron chi connectivity index (χ1n) is 7.69. The summed E-state index contributed by atoms with van der Waals surface area (Å²) in [6.07, 6.45) is 8.01. The number of carbonyl (C=O) groups excluding carboxylic acids is 1. The summed E-state index contributed by atoms with van der Waals surface area (Å²) in [5.74, 6) is 1.62. The molecule has 1 saturated carbocycles. The zero-order valence-corrected chi connectivity index (χ0v) is 11.9. The number of hydrogen-bond acceptors (Lipinski definition) is 2. The topological polar surface area (TPSA) is 41.1 Å². The normalized spacial score (nSPS) is 31.9. The second-order valence-electron chi connectivity index (χ2n) is 6.29. The fourth-order valence-corrected chi connectivity index (χ4v) is 3.42. The van der Waals surface area contributed by atoms with Crippen LogP contribution in [-0.4, -0.2) is 25.0 Å².